The van der Waals surface area contributed by atoms with Crippen molar-refractivity contribution < 1.29 is 4.52 Å². The van der Waals surface area contributed by atoms with Gasteiger partial charge in [-0.05, 0) is 38.0 Å². The maximum absolute atomic E-state index is 5.42. The maximum atomic E-state index is 5.42. The molecule has 0 aromatic carbocycles. The third-order valence-electron chi connectivity index (χ3n) is 4.76. The number of aryl methyl sites for hydroxylation is 4. The van der Waals surface area contributed by atoms with Gasteiger partial charge in [0.25, 0.3) is 0 Å². The van der Waals surface area contributed by atoms with Crippen LogP contribution in [0.4, 0.5) is 0 Å². The highest BCUT2D eigenvalue weighted by Crippen LogP contribution is 2.15. The Morgan fingerprint density at radius 2 is 1.90 bits per heavy atom. The number of pyridine rings is 1. The number of aromatic nitrogens is 4. The first-order valence-corrected chi connectivity index (χ1v) is 9.95. The van der Waals surface area contributed by atoms with Crippen molar-refractivity contribution in [2.45, 2.75) is 53.6 Å². The fourth-order valence-electron chi connectivity index (χ4n) is 3.22. The van der Waals surface area contributed by atoms with E-state index in [-0.39, 0.29) is 24.0 Å². The Kier molecular flexibility index (Phi) is 8.82. The standard InChI is InChI=1S/C21H29N7O.HI/c1-6-18-17(19(7-2)29-27-18)13-25-21(22-5)24-12-16-8-9-20(23-11-16)28-15(4)10-14(3)26-28;/h8-11H,6-7,12-13H2,1-5H3,(H2,22,24,25);1H. The maximum Gasteiger partial charge on any atom is 0.191 e. The Hall–Kier alpha value is -2.43. The smallest absolute Gasteiger partial charge is 0.191 e. The van der Waals surface area contributed by atoms with Crippen molar-refractivity contribution in [1.29, 1.82) is 0 Å². The topological polar surface area (TPSA) is 93.2 Å². The molecule has 0 saturated heterocycles. The van der Waals surface area contributed by atoms with Crippen LogP contribution in [0, 0.1) is 13.8 Å². The van der Waals surface area contributed by atoms with Crippen LogP contribution in [0.2, 0.25) is 0 Å². The van der Waals surface area contributed by atoms with Crippen LogP contribution in [0.15, 0.2) is 33.9 Å². The summed E-state index contributed by atoms with van der Waals surface area (Å²) in [6.45, 7) is 9.40. The Bertz CT molecular complexity index is 954. The summed E-state index contributed by atoms with van der Waals surface area (Å²) in [7, 11) is 1.76. The molecule has 3 aromatic heterocycles. The fraction of sp³-hybridized carbons (Fsp3) is 0.429. The summed E-state index contributed by atoms with van der Waals surface area (Å²) in [4.78, 5) is 8.84. The van der Waals surface area contributed by atoms with Gasteiger partial charge in [-0.25, -0.2) is 9.67 Å². The molecular weight excluding hydrogens is 493 g/mol. The molecule has 30 heavy (non-hydrogen) atoms. The molecule has 162 valence electrons. The van der Waals surface area contributed by atoms with Gasteiger partial charge in [-0.15, -0.1) is 24.0 Å². The molecule has 3 aromatic rings. The molecule has 0 aliphatic rings. The van der Waals surface area contributed by atoms with E-state index in [9.17, 15) is 0 Å². The van der Waals surface area contributed by atoms with Gasteiger partial charge in [0.2, 0.25) is 0 Å². The number of rotatable bonds is 7. The zero-order valence-electron chi connectivity index (χ0n) is 18.2. The van der Waals surface area contributed by atoms with E-state index < -0.39 is 0 Å². The van der Waals surface area contributed by atoms with Gasteiger partial charge in [0, 0.05) is 44.0 Å². The number of nitrogens with zero attached hydrogens (tertiary/aromatic N) is 5. The van der Waals surface area contributed by atoms with Crippen LogP contribution >= 0.6 is 24.0 Å². The van der Waals surface area contributed by atoms with Gasteiger partial charge >= 0.3 is 0 Å². The minimum Gasteiger partial charge on any atom is -0.361 e. The first-order valence-electron chi connectivity index (χ1n) is 9.95. The summed E-state index contributed by atoms with van der Waals surface area (Å²) < 4.78 is 7.27. The number of nitrogens with one attached hydrogen (secondary N) is 2. The predicted molar refractivity (Wildman–Crippen MR) is 129 cm³/mol. The monoisotopic (exact) mass is 523 g/mol. The highest BCUT2D eigenvalue weighted by molar-refractivity contribution is 14.0. The molecule has 9 heteroatoms. The first-order chi connectivity index (χ1) is 14.0. The van der Waals surface area contributed by atoms with Crippen molar-refractivity contribution in [2.24, 2.45) is 4.99 Å². The lowest BCUT2D eigenvalue weighted by molar-refractivity contribution is 0.380. The summed E-state index contributed by atoms with van der Waals surface area (Å²) in [5.74, 6) is 2.46. The Morgan fingerprint density at radius 1 is 1.13 bits per heavy atom. The van der Waals surface area contributed by atoms with Crippen LogP contribution in [0.3, 0.4) is 0 Å². The van der Waals surface area contributed by atoms with E-state index in [1.54, 1.807) is 7.05 Å². The summed E-state index contributed by atoms with van der Waals surface area (Å²) in [5.41, 5.74) is 5.22. The molecular formula is C21H30IN7O. The van der Waals surface area contributed by atoms with Crippen molar-refractivity contribution in [3.8, 4) is 5.82 Å². The largest absolute Gasteiger partial charge is 0.361 e. The molecule has 3 rings (SSSR count). The van der Waals surface area contributed by atoms with Gasteiger partial charge in [0.05, 0.1) is 11.4 Å². The van der Waals surface area contributed by atoms with E-state index in [0.717, 1.165) is 58.6 Å². The van der Waals surface area contributed by atoms with Gasteiger partial charge in [0.1, 0.15) is 5.76 Å². The molecule has 0 radical (unpaired) electrons. The lowest BCUT2D eigenvalue weighted by Crippen LogP contribution is -2.36. The van der Waals surface area contributed by atoms with E-state index in [4.69, 9.17) is 4.52 Å². The molecule has 0 saturated carbocycles. The van der Waals surface area contributed by atoms with Crippen LogP contribution < -0.4 is 10.6 Å². The number of aliphatic imine (C=N–C) groups is 1. The molecule has 8 nitrogen and oxygen atoms in total. The van der Waals surface area contributed by atoms with E-state index >= 15 is 0 Å². The molecule has 2 N–H and O–H groups in total. The molecule has 0 bridgehead atoms. The lowest BCUT2D eigenvalue weighted by Gasteiger charge is -2.12. The second-order valence-electron chi connectivity index (χ2n) is 6.88. The zero-order chi connectivity index (χ0) is 20.8. The summed E-state index contributed by atoms with van der Waals surface area (Å²) >= 11 is 0. The quantitative estimate of drug-likeness (QED) is 0.280. The minimum atomic E-state index is 0. The average Bonchev–Trinajstić information content (AvgIpc) is 3.30. The van der Waals surface area contributed by atoms with Gasteiger partial charge in [-0.1, -0.05) is 25.1 Å². The Morgan fingerprint density at radius 3 is 2.47 bits per heavy atom. The van der Waals surface area contributed by atoms with Gasteiger partial charge in [-0.3, -0.25) is 4.99 Å². The fourth-order valence-corrected chi connectivity index (χ4v) is 3.22. The number of halogens is 1. The van der Waals surface area contributed by atoms with Gasteiger partial charge < -0.3 is 15.2 Å². The summed E-state index contributed by atoms with van der Waals surface area (Å²) in [6, 6.07) is 6.06. The minimum absolute atomic E-state index is 0. The highest BCUT2D eigenvalue weighted by atomic mass is 127. The highest BCUT2D eigenvalue weighted by Gasteiger charge is 2.13. The molecule has 0 fully saturated rings. The predicted octanol–water partition coefficient (Wildman–Crippen LogP) is 3.48. The normalized spacial score (nSPS) is 11.3. The summed E-state index contributed by atoms with van der Waals surface area (Å²) in [5, 5.41) is 15.3. The number of hydrogen-bond donors (Lipinski definition) is 2. The van der Waals surface area contributed by atoms with Crippen LogP contribution in [0.5, 0.6) is 0 Å². The third-order valence-corrected chi connectivity index (χ3v) is 4.76. The van der Waals surface area contributed by atoms with Gasteiger partial charge in [-0.2, -0.15) is 5.10 Å². The molecule has 3 heterocycles. The second-order valence-corrected chi connectivity index (χ2v) is 6.88. The molecule has 0 spiro atoms. The van der Waals surface area contributed by atoms with E-state index in [2.05, 4.69) is 44.7 Å². The van der Waals surface area contributed by atoms with Crippen LogP contribution in [0.1, 0.15) is 47.8 Å². The SMILES string of the molecule is CCc1noc(CC)c1CNC(=NC)NCc1ccc(-n2nc(C)cc2C)nc1.I. The van der Waals surface area contributed by atoms with Crippen molar-refractivity contribution in [1.82, 2.24) is 30.6 Å². The Labute approximate surface area is 194 Å². The summed E-state index contributed by atoms with van der Waals surface area (Å²) in [6.07, 6.45) is 3.53. The van der Waals surface area contributed by atoms with Crippen molar-refractivity contribution in [3.63, 3.8) is 0 Å². The third kappa shape index (κ3) is 5.59. The molecule has 0 aliphatic carbocycles. The average molecular weight is 523 g/mol. The van der Waals surface area contributed by atoms with Crippen LogP contribution in [-0.4, -0.2) is 32.9 Å². The molecule has 0 amide bonds. The van der Waals surface area contributed by atoms with E-state index in [1.807, 2.05) is 42.9 Å². The molecule has 0 atom stereocenters. The number of guanidine groups is 1. The Balaban J connectivity index is 0.00000320. The van der Waals surface area contributed by atoms with Gasteiger partial charge in [0.15, 0.2) is 11.8 Å². The lowest BCUT2D eigenvalue weighted by atomic mass is 10.1. The van der Waals surface area contributed by atoms with Crippen LogP contribution in [0.25, 0.3) is 5.82 Å². The second kappa shape index (κ2) is 11.1. The van der Waals surface area contributed by atoms with Crippen LogP contribution in [-0.2, 0) is 25.9 Å². The van der Waals surface area contributed by atoms with E-state index in [0.29, 0.717) is 13.1 Å². The molecule has 0 unspecified atom stereocenters. The van der Waals surface area contributed by atoms with Crippen molar-refractivity contribution in [3.05, 3.63) is 58.4 Å². The van der Waals surface area contributed by atoms with Crippen molar-refractivity contribution in [2.75, 3.05) is 7.05 Å². The number of hydrogen-bond acceptors (Lipinski definition) is 5. The van der Waals surface area contributed by atoms with Crippen molar-refractivity contribution >= 4 is 29.9 Å². The molecule has 0 aliphatic heterocycles. The first kappa shape index (κ1) is 23.8. The van der Waals surface area contributed by atoms with E-state index in [1.165, 1.54) is 0 Å². The zero-order valence-corrected chi connectivity index (χ0v) is 20.5.